The zero-order valence-electron chi connectivity index (χ0n) is 30.1. The van der Waals surface area contributed by atoms with Crippen LogP contribution in [-0.4, -0.2) is 15.2 Å². The predicted octanol–water partition coefficient (Wildman–Crippen LogP) is 12.2. The molecule has 3 nitrogen and oxygen atoms in total. The van der Waals surface area contributed by atoms with E-state index in [9.17, 15) is 0 Å². The van der Waals surface area contributed by atoms with Crippen LogP contribution >= 0.6 is 0 Å². The molecule has 8 aromatic carbocycles. The third kappa shape index (κ3) is 4.15. The molecule has 0 N–H and O–H groups in total. The molecule has 0 saturated carbocycles. The Balaban J connectivity index is 1.17. The maximum absolute atomic E-state index is 5.36. The van der Waals surface area contributed by atoms with E-state index in [-0.39, 0.29) is 5.41 Å². The van der Waals surface area contributed by atoms with Gasteiger partial charge in [0, 0.05) is 22.1 Å². The predicted molar refractivity (Wildman–Crippen MR) is 221 cm³/mol. The molecule has 9 aromatic rings. The largest absolute Gasteiger partial charge is 0.224 e. The normalized spacial score (nSPS) is 14.4. The Labute approximate surface area is 314 Å². The molecular weight excluding hydrogens is 655 g/mol. The minimum Gasteiger partial charge on any atom is -0.224 e. The number of hydrogen-bond donors (Lipinski definition) is 0. The van der Waals surface area contributed by atoms with Gasteiger partial charge in [-0.15, -0.1) is 10.2 Å². The Kier molecular flexibility index (Phi) is 6.51. The molecule has 11 rings (SSSR count). The van der Waals surface area contributed by atoms with Gasteiger partial charge in [-0.2, -0.15) is 0 Å². The second kappa shape index (κ2) is 11.4. The molecule has 1 aromatic heterocycles. The monoisotopic (exact) mass is 689 g/mol. The molecule has 1 heterocycles. The van der Waals surface area contributed by atoms with Crippen molar-refractivity contribution in [3.8, 4) is 45.0 Å². The molecule has 54 heavy (non-hydrogen) atoms. The van der Waals surface area contributed by atoms with Crippen molar-refractivity contribution < 1.29 is 0 Å². The Hall–Kier alpha value is -6.71. The average Bonchev–Trinajstić information content (AvgIpc) is 3.54. The number of benzene rings is 8. The van der Waals surface area contributed by atoms with Crippen molar-refractivity contribution >= 4 is 21.5 Å². The summed E-state index contributed by atoms with van der Waals surface area (Å²) < 4.78 is 0. The quantitative estimate of drug-likeness (QED) is 0.173. The molecule has 0 bridgehead atoms. The topological polar surface area (TPSA) is 38.7 Å². The van der Waals surface area contributed by atoms with Crippen LogP contribution in [0, 0.1) is 0 Å². The van der Waals surface area contributed by atoms with E-state index in [1.54, 1.807) is 0 Å². The van der Waals surface area contributed by atoms with E-state index >= 15 is 0 Å². The summed E-state index contributed by atoms with van der Waals surface area (Å²) in [6.45, 7) is 4.73. The van der Waals surface area contributed by atoms with Crippen LogP contribution in [0.4, 0.5) is 0 Å². The van der Waals surface area contributed by atoms with E-state index in [0.29, 0.717) is 5.82 Å². The number of aromatic nitrogens is 3. The van der Waals surface area contributed by atoms with Gasteiger partial charge in [0.1, 0.15) is 11.4 Å². The van der Waals surface area contributed by atoms with Gasteiger partial charge in [0.05, 0.1) is 5.41 Å². The van der Waals surface area contributed by atoms with E-state index < -0.39 is 5.41 Å². The molecule has 0 saturated heterocycles. The highest BCUT2D eigenvalue weighted by molar-refractivity contribution is 6.08. The average molecular weight is 690 g/mol. The first-order valence-corrected chi connectivity index (χ1v) is 18.7. The van der Waals surface area contributed by atoms with Gasteiger partial charge in [-0.05, 0) is 72.1 Å². The summed E-state index contributed by atoms with van der Waals surface area (Å²) in [4.78, 5) is 5.36. The third-order valence-corrected chi connectivity index (χ3v) is 12.1. The van der Waals surface area contributed by atoms with E-state index in [1.165, 1.54) is 60.7 Å². The molecule has 2 aliphatic rings. The maximum Gasteiger partial charge on any atom is 0.182 e. The number of rotatable bonds is 3. The molecule has 254 valence electrons. The number of fused-ring (bicyclic) bond motifs is 12. The summed E-state index contributed by atoms with van der Waals surface area (Å²) in [5.41, 5.74) is 14.3. The lowest BCUT2D eigenvalue weighted by Crippen LogP contribution is -2.40. The fourth-order valence-corrected chi connectivity index (χ4v) is 9.69. The van der Waals surface area contributed by atoms with Crippen molar-refractivity contribution in [1.82, 2.24) is 15.2 Å². The van der Waals surface area contributed by atoms with E-state index in [2.05, 4.69) is 184 Å². The van der Waals surface area contributed by atoms with Crippen LogP contribution in [0.1, 0.15) is 47.2 Å². The van der Waals surface area contributed by atoms with Gasteiger partial charge in [0.15, 0.2) is 5.82 Å². The third-order valence-electron chi connectivity index (χ3n) is 12.1. The lowest BCUT2D eigenvalue weighted by Gasteiger charge is -2.46. The summed E-state index contributed by atoms with van der Waals surface area (Å²) in [6.07, 6.45) is 0. The summed E-state index contributed by atoms with van der Waals surface area (Å²) in [7, 11) is 0. The lowest BCUT2D eigenvalue weighted by molar-refractivity contribution is 0.563. The number of hydrogen-bond acceptors (Lipinski definition) is 3. The van der Waals surface area contributed by atoms with Crippen molar-refractivity contribution in [2.24, 2.45) is 0 Å². The Bertz CT molecular complexity index is 2930. The Morgan fingerprint density at radius 1 is 0.389 bits per heavy atom. The molecule has 0 fully saturated rings. The SMILES string of the molecule is CC1(C)c2ccccc2C2(c3ccccc3-c3c(-c4nnc(-c5ccc6c(ccc7ccccc76)c5)nc4-c4ccccc4)cccc32)c2ccccc21. The molecule has 0 amide bonds. The fraction of sp³-hybridized carbons (Fsp3) is 0.0784. The standard InChI is InChI=1S/C51H35N3/c1-50(2)41-22-10-12-24-43(41)51(44-25-13-11-23-42(44)50)40-21-9-8-19-38(40)46-39(20-14-26-45(46)51)48-47(33-16-4-3-5-17-33)52-49(54-53-48)35-29-30-37-34(31-35)28-27-32-15-6-7-18-36(32)37/h3-31H,1-2H3. The summed E-state index contributed by atoms with van der Waals surface area (Å²) in [5, 5.41) is 14.8. The van der Waals surface area contributed by atoms with Gasteiger partial charge in [0.25, 0.3) is 0 Å². The second-order valence-corrected chi connectivity index (χ2v) is 15.2. The second-order valence-electron chi connectivity index (χ2n) is 15.2. The summed E-state index contributed by atoms with van der Waals surface area (Å²) >= 11 is 0. The number of nitrogens with zero attached hydrogens (tertiary/aromatic N) is 3. The van der Waals surface area contributed by atoms with E-state index in [1.807, 2.05) is 6.07 Å². The van der Waals surface area contributed by atoms with Crippen LogP contribution in [-0.2, 0) is 10.8 Å². The molecule has 0 atom stereocenters. The smallest absolute Gasteiger partial charge is 0.182 e. The van der Waals surface area contributed by atoms with Crippen LogP contribution in [0.25, 0.3) is 66.6 Å². The first-order valence-electron chi connectivity index (χ1n) is 18.7. The van der Waals surface area contributed by atoms with Crippen LogP contribution in [0.3, 0.4) is 0 Å². The van der Waals surface area contributed by atoms with E-state index in [0.717, 1.165) is 33.5 Å². The molecule has 3 heteroatoms. The highest BCUT2D eigenvalue weighted by Crippen LogP contribution is 2.63. The lowest BCUT2D eigenvalue weighted by atomic mass is 9.55. The van der Waals surface area contributed by atoms with Crippen molar-refractivity contribution in [2.45, 2.75) is 24.7 Å². The zero-order valence-corrected chi connectivity index (χ0v) is 30.1. The highest BCUT2D eigenvalue weighted by Gasteiger charge is 2.53. The minimum atomic E-state index is -0.492. The maximum atomic E-state index is 5.36. The highest BCUT2D eigenvalue weighted by atomic mass is 15.2. The molecule has 0 unspecified atom stereocenters. The Morgan fingerprint density at radius 3 is 1.76 bits per heavy atom. The summed E-state index contributed by atoms with van der Waals surface area (Å²) in [5.74, 6) is 0.606. The van der Waals surface area contributed by atoms with Crippen molar-refractivity contribution in [2.75, 3.05) is 0 Å². The van der Waals surface area contributed by atoms with Gasteiger partial charge in [0.2, 0.25) is 0 Å². The first kappa shape index (κ1) is 30.9. The molecule has 0 radical (unpaired) electrons. The molecular formula is C51H35N3. The van der Waals surface area contributed by atoms with Crippen molar-refractivity contribution in [3.63, 3.8) is 0 Å². The van der Waals surface area contributed by atoms with Gasteiger partial charge < -0.3 is 0 Å². The fourth-order valence-electron chi connectivity index (χ4n) is 9.69. The Morgan fingerprint density at radius 2 is 0.981 bits per heavy atom. The molecule has 1 spiro atoms. The van der Waals surface area contributed by atoms with Crippen LogP contribution < -0.4 is 0 Å². The van der Waals surface area contributed by atoms with Gasteiger partial charge >= 0.3 is 0 Å². The minimum absolute atomic E-state index is 0.157. The van der Waals surface area contributed by atoms with Crippen molar-refractivity contribution in [3.05, 3.63) is 209 Å². The molecule has 0 aliphatic heterocycles. The van der Waals surface area contributed by atoms with Crippen LogP contribution in [0.5, 0.6) is 0 Å². The molecule has 2 aliphatic carbocycles. The van der Waals surface area contributed by atoms with Gasteiger partial charge in [-0.3, -0.25) is 0 Å². The van der Waals surface area contributed by atoms with Gasteiger partial charge in [-0.25, -0.2) is 4.98 Å². The zero-order chi connectivity index (χ0) is 36.0. The van der Waals surface area contributed by atoms with Crippen LogP contribution in [0.2, 0.25) is 0 Å². The van der Waals surface area contributed by atoms with Crippen molar-refractivity contribution in [1.29, 1.82) is 0 Å². The van der Waals surface area contributed by atoms with Gasteiger partial charge in [-0.1, -0.05) is 184 Å². The first-order chi connectivity index (χ1) is 26.5. The van der Waals surface area contributed by atoms with Crippen LogP contribution in [0.15, 0.2) is 176 Å². The summed E-state index contributed by atoms with van der Waals surface area (Å²) in [6, 6.07) is 63.7. The van der Waals surface area contributed by atoms with E-state index in [4.69, 9.17) is 15.2 Å².